The first kappa shape index (κ1) is 16.8. The van der Waals surface area contributed by atoms with E-state index in [0.717, 1.165) is 6.26 Å². The van der Waals surface area contributed by atoms with Crippen LogP contribution in [0.1, 0.15) is 19.8 Å². The second-order valence-corrected chi connectivity index (χ2v) is 7.76. The first-order valence-corrected chi connectivity index (χ1v) is 9.23. The first-order valence-electron chi connectivity index (χ1n) is 7.34. The predicted octanol–water partition coefficient (Wildman–Crippen LogP) is 1.19. The second-order valence-electron chi connectivity index (χ2n) is 5.43. The molecule has 0 spiro atoms. The maximum absolute atomic E-state index is 12.6. The van der Waals surface area contributed by atoms with Crippen molar-refractivity contribution in [3.8, 4) is 5.75 Å². The van der Waals surface area contributed by atoms with Gasteiger partial charge in [0.25, 0.3) is 0 Å². The van der Waals surface area contributed by atoms with Crippen molar-refractivity contribution in [2.75, 3.05) is 31.3 Å². The summed E-state index contributed by atoms with van der Waals surface area (Å²) in [6, 6.07) is 6.96. The SMILES string of the molecule is CCOc1cccc(NC(=O)C2(S(C)(=O)=O)CCNCC2)c1. The Morgan fingerprint density at radius 2 is 2.05 bits per heavy atom. The molecule has 0 bridgehead atoms. The lowest BCUT2D eigenvalue weighted by Gasteiger charge is -2.34. The van der Waals surface area contributed by atoms with Crippen LogP contribution in [0.2, 0.25) is 0 Å². The highest BCUT2D eigenvalue weighted by Crippen LogP contribution is 2.30. The molecule has 1 aliphatic rings. The number of piperidine rings is 1. The van der Waals surface area contributed by atoms with E-state index >= 15 is 0 Å². The van der Waals surface area contributed by atoms with Gasteiger partial charge in [0, 0.05) is 18.0 Å². The van der Waals surface area contributed by atoms with Crippen molar-refractivity contribution in [2.45, 2.75) is 24.5 Å². The number of carbonyl (C=O) groups is 1. The van der Waals surface area contributed by atoms with Crippen LogP contribution in [0.5, 0.6) is 5.75 Å². The van der Waals surface area contributed by atoms with Crippen molar-refractivity contribution in [1.29, 1.82) is 0 Å². The van der Waals surface area contributed by atoms with Gasteiger partial charge in [-0.05, 0) is 45.0 Å². The molecule has 2 rings (SSSR count). The quantitative estimate of drug-likeness (QED) is 0.849. The largest absolute Gasteiger partial charge is 0.494 e. The highest BCUT2D eigenvalue weighted by Gasteiger charge is 2.48. The van der Waals surface area contributed by atoms with E-state index in [2.05, 4.69) is 10.6 Å². The van der Waals surface area contributed by atoms with Crippen LogP contribution in [0.4, 0.5) is 5.69 Å². The molecule has 1 fully saturated rings. The van der Waals surface area contributed by atoms with Gasteiger partial charge in [-0.2, -0.15) is 0 Å². The van der Waals surface area contributed by atoms with Gasteiger partial charge in [-0.25, -0.2) is 8.42 Å². The Hall–Kier alpha value is -1.60. The van der Waals surface area contributed by atoms with E-state index in [1.165, 1.54) is 0 Å². The van der Waals surface area contributed by atoms with Crippen molar-refractivity contribution in [2.24, 2.45) is 0 Å². The standard InChI is InChI=1S/C15H22N2O4S/c1-3-21-13-6-4-5-12(11-13)17-14(18)15(22(2,19)20)7-9-16-10-8-15/h4-6,11,16H,3,7-10H2,1-2H3,(H,17,18). The van der Waals surface area contributed by atoms with E-state index in [9.17, 15) is 13.2 Å². The van der Waals surface area contributed by atoms with Gasteiger partial charge >= 0.3 is 0 Å². The summed E-state index contributed by atoms with van der Waals surface area (Å²) in [5.41, 5.74) is 0.539. The Balaban J connectivity index is 2.24. The molecule has 1 amide bonds. The molecule has 0 aliphatic carbocycles. The predicted molar refractivity (Wildman–Crippen MR) is 85.9 cm³/mol. The number of benzene rings is 1. The Bertz CT molecular complexity index is 637. The fourth-order valence-electron chi connectivity index (χ4n) is 2.67. The molecule has 1 heterocycles. The minimum atomic E-state index is -3.51. The molecule has 0 unspecified atom stereocenters. The van der Waals surface area contributed by atoms with Crippen LogP contribution >= 0.6 is 0 Å². The van der Waals surface area contributed by atoms with E-state index in [-0.39, 0.29) is 12.8 Å². The smallest absolute Gasteiger partial charge is 0.245 e. The van der Waals surface area contributed by atoms with Crippen LogP contribution in [0.15, 0.2) is 24.3 Å². The summed E-state index contributed by atoms with van der Waals surface area (Å²) < 4.78 is 28.4. The third kappa shape index (κ3) is 3.41. The molecular formula is C15H22N2O4S. The van der Waals surface area contributed by atoms with Gasteiger partial charge in [0.2, 0.25) is 5.91 Å². The zero-order chi connectivity index (χ0) is 16.2. The third-order valence-corrected chi connectivity index (χ3v) is 5.95. The Kier molecular flexibility index (Phi) is 5.08. The number of carbonyl (C=O) groups excluding carboxylic acids is 1. The average Bonchev–Trinajstić information content (AvgIpc) is 2.47. The number of anilines is 1. The number of nitrogens with one attached hydrogen (secondary N) is 2. The fourth-order valence-corrected chi connectivity index (χ4v) is 4.01. The van der Waals surface area contributed by atoms with E-state index in [4.69, 9.17) is 4.74 Å². The summed E-state index contributed by atoms with van der Waals surface area (Å²) in [6.07, 6.45) is 1.69. The molecule has 0 radical (unpaired) electrons. The molecule has 1 saturated heterocycles. The molecule has 22 heavy (non-hydrogen) atoms. The van der Waals surface area contributed by atoms with E-state index in [1.807, 2.05) is 6.92 Å². The highest BCUT2D eigenvalue weighted by molar-refractivity contribution is 7.92. The number of sulfone groups is 1. The zero-order valence-electron chi connectivity index (χ0n) is 12.9. The van der Waals surface area contributed by atoms with Crippen LogP contribution in [-0.4, -0.2) is 45.0 Å². The van der Waals surface area contributed by atoms with Crippen LogP contribution < -0.4 is 15.4 Å². The molecule has 1 aromatic rings. The van der Waals surface area contributed by atoms with Crippen LogP contribution in [-0.2, 0) is 14.6 Å². The van der Waals surface area contributed by atoms with Gasteiger partial charge in [0.05, 0.1) is 6.61 Å². The number of ether oxygens (including phenoxy) is 1. The van der Waals surface area contributed by atoms with Crippen molar-refractivity contribution >= 4 is 21.4 Å². The molecule has 6 nitrogen and oxygen atoms in total. The normalized spacial score (nSPS) is 17.7. The third-order valence-electron chi connectivity index (χ3n) is 3.94. The van der Waals surface area contributed by atoms with Gasteiger partial charge in [-0.3, -0.25) is 4.79 Å². The maximum Gasteiger partial charge on any atom is 0.245 e. The monoisotopic (exact) mass is 326 g/mol. The lowest BCUT2D eigenvalue weighted by atomic mass is 9.95. The average molecular weight is 326 g/mol. The van der Waals surface area contributed by atoms with Crippen molar-refractivity contribution in [1.82, 2.24) is 5.32 Å². The van der Waals surface area contributed by atoms with Gasteiger partial charge in [-0.1, -0.05) is 6.07 Å². The van der Waals surface area contributed by atoms with Gasteiger partial charge in [0.15, 0.2) is 14.6 Å². The van der Waals surface area contributed by atoms with Crippen molar-refractivity contribution < 1.29 is 17.9 Å². The maximum atomic E-state index is 12.6. The molecule has 122 valence electrons. The molecular weight excluding hydrogens is 304 g/mol. The minimum Gasteiger partial charge on any atom is -0.494 e. The lowest BCUT2D eigenvalue weighted by molar-refractivity contribution is -0.119. The first-order chi connectivity index (χ1) is 10.4. The van der Waals surface area contributed by atoms with Crippen molar-refractivity contribution in [3.05, 3.63) is 24.3 Å². The molecule has 7 heteroatoms. The minimum absolute atomic E-state index is 0.281. The molecule has 2 N–H and O–H groups in total. The van der Waals surface area contributed by atoms with Crippen LogP contribution in [0, 0.1) is 0 Å². The molecule has 0 aromatic heterocycles. The lowest BCUT2D eigenvalue weighted by Crippen LogP contribution is -2.55. The molecule has 0 saturated carbocycles. The van der Waals surface area contributed by atoms with Crippen LogP contribution in [0.3, 0.4) is 0 Å². The fraction of sp³-hybridized carbons (Fsp3) is 0.533. The Morgan fingerprint density at radius 1 is 1.36 bits per heavy atom. The summed E-state index contributed by atoms with van der Waals surface area (Å²) >= 11 is 0. The summed E-state index contributed by atoms with van der Waals surface area (Å²) in [5.74, 6) is 0.171. The van der Waals surface area contributed by atoms with Crippen LogP contribution in [0.25, 0.3) is 0 Å². The summed E-state index contributed by atoms with van der Waals surface area (Å²) in [5, 5.41) is 5.82. The summed E-state index contributed by atoms with van der Waals surface area (Å²) in [6.45, 7) is 3.42. The molecule has 1 aliphatic heterocycles. The zero-order valence-corrected chi connectivity index (χ0v) is 13.7. The second kappa shape index (κ2) is 6.66. The topological polar surface area (TPSA) is 84.5 Å². The van der Waals surface area contributed by atoms with Gasteiger partial charge in [0.1, 0.15) is 5.75 Å². The Labute approximate surface area is 131 Å². The molecule has 1 aromatic carbocycles. The summed E-state index contributed by atoms with van der Waals surface area (Å²) in [4.78, 5) is 12.6. The number of hydrogen-bond acceptors (Lipinski definition) is 5. The van der Waals surface area contributed by atoms with E-state index < -0.39 is 20.5 Å². The summed E-state index contributed by atoms with van der Waals surface area (Å²) in [7, 11) is -3.51. The van der Waals surface area contributed by atoms with Crippen molar-refractivity contribution in [3.63, 3.8) is 0 Å². The Morgan fingerprint density at radius 3 is 2.64 bits per heavy atom. The van der Waals surface area contributed by atoms with E-state index in [0.29, 0.717) is 31.1 Å². The van der Waals surface area contributed by atoms with Gasteiger partial charge < -0.3 is 15.4 Å². The molecule has 0 atom stereocenters. The highest BCUT2D eigenvalue weighted by atomic mass is 32.2. The number of amides is 1. The van der Waals surface area contributed by atoms with Gasteiger partial charge in [-0.15, -0.1) is 0 Å². The van der Waals surface area contributed by atoms with E-state index in [1.54, 1.807) is 24.3 Å². The number of hydrogen-bond donors (Lipinski definition) is 2. The number of rotatable bonds is 5.